The first-order chi connectivity index (χ1) is 15.1. The van der Waals surface area contributed by atoms with Crippen molar-refractivity contribution in [1.82, 2.24) is 21.3 Å². The maximum Gasteiger partial charge on any atom is 0.248 e. The molecule has 0 bridgehead atoms. The minimum absolute atomic E-state index is 0.0247. The van der Waals surface area contributed by atoms with E-state index < -0.39 is 5.91 Å². The number of carbonyl (C=O) groups excluding carboxylic acids is 2. The third-order valence-corrected chi connectivity index (χ3v) is 4.91. The van der Waals surface area contributed by atoms with Crippen LogP contribution >= 0.6 is 0 Å². The molecule has 0 saturated carbocycles. The molecule has 1 aromatic rings. The van der Waals surface area contributed by atoms with Crippen LogP contribution in [0.2, 0.25) is 0 Å². The summed E-state index contributed by atoms with van der Waals surface area (Å²) in [7, 11) is 3.89. The van der Waals surface area contributed by atoms with E-state index in [4.69, 9.17) is 10.5 Å². The Morgan fingerprint density at radius 1 is 0.871 bits per heavy atom. The van der Waals surface area contributed by atoms with Crippen molar-refractivity contribution in [3.05, 3.63) is 34.9 Å². The van der Waals surface area contributed by atoms with Crippen molar-refractivity contribution in [2.24, 2.45) is 5.73 Å². The Morgan fingerprint density at radius 2 is 1.52 bits per heavy atom. The zero-order chi connectivity index (χ0) is 22.7. The first-order valence-electron chi connectivity index (χ1n) is 11.3. The summed E-state index contributed by atoms with van der Waals surface area (Å²) in [6.07, 6.45) is 6.83. The number of ether oxygens (including phenoxy) is 1. The molecule has 31 heavy (non-hydrogen) atoms. The number of primary amides is 1. The highest BCUT2D eigenvalue weighted by atomic mass is 16.5. The van der Waals surface area contributed by atoms with Gasteiger partial charge >= 0.3 is 0 Å². The standard InChI is InChI=1S/C23H41N5O3/c1-25-10-6-3-5-9-22(29)28-17-20-13-19(14-21(15-20)23(24)30)16-27-18-31-12-8-4-7-11-26-2/h13-15,25-27H,3-12,16-18H2,1-2H3,(H2,24,30)(H,28,29). The quantitative estimate of drug-likeness (QED) is 0.167. The van der Waals surface area contributed by atoms with Gasteiger partial charge in [0, 0.05) is 31.7 Å². The topological polar surface area (TPSA) is 118 Å². The Labute approximate surface area is 187 Å². The summed E-state index contributed by atoms with van der Waals surface area (Å²) in [4.78, 5) is 23.7. The first kappa shape index (κ1) is 27.0. The van der Waals surface area contributed by atoms with Crippen molar-refractivity contribution in [1.29, 1.82) is 0 Å². The molecule has 0 heterocycles. The summed E-state index contributed by atoms with van der Waals surface area (Å²) >= 11 is 0. The average Bonchev–Trinajstić information content (AvgIpc) is 2.76. The maximum atomic E-state index is 12.1. The summed E-state index contributed by atoms with van der Waals surface area (Å²) in [5.41, 5.74) is 7.72. The Bertz CT molecular complexity index is 640. The summed E-state index contributed by atoms with van der Waals surface area (Å²) in [5, 5.41) is 12.4. The van der Waals surface area contributed by atoms with Crippen LogP contribution in [-0.4, -0.2) is 52.3 Å². The summed E-state index contributed by atoms with van der Waals surface area (Å²) in [6, 6.07) is 5.49. The molecule has 0 aliphatic carbocycles. The molecule has 0 spiro atoms. The largest absolute Gasteiger partial charge is 0.366 e. The SMILES string of the molecule is CNCCCCCOCNCc1cc(CNC(=O)CCCCCNC)cc(C(N)=O)c1. The highest BCUT2D eigenvalue weighted by molar-refractivity contribution is 5.93. The second kappa shape index (κ2) is 17.7. The lowest BCUT2D eigenvalue weighted by Gasteiger charge is -2.11. The lowest BCUT2D eigenvalue weighted by Crippen LogP contribution is -2.23. The number of amides is 2. The van der Waals surface area contributed by atoms with Gasteiger partial charge in [0.15, 0.2) is 0 Å². The van der Waals surface area contributed by atoms with E-state index in [0.29, 0.717) is 31.8 Å². The van der Waals surface area contributed by atoms with E-state index in [2.05, 4.69) is 21.3 Å². The zero-order valence-corrected chi connectivity index (χ0v) is 19.2. The van der Waals surface area contributed by atoms with E-state index in [9.17, 15) is 9.59 Å². The molecule has 0 radical (unpaired) electrons. The molecule has 0 atom stereocenters. The van der Waals surface area contributed by atoms with Crippen molar-refractivity contribution in [2.45, 2.75) is 58.0 Å². The molecule has 1 rings (SSSR count). The summed E-state index contributed by atoms with van der Waals surface area (Å²) in [5.74, 6) is -0.450. The summed E-state index contributed by atoms with van der Waals surface area (Å²) in [6.45, 7) is 4.13. The van der Waals surface area contributed by atoms with Gasteiger partial charge in [-0.25, -0.2) is 0 Å². The predicted octanol–water partition coefficient (Wildman–Crippen LogP) is 1.63. The molecule has 0 aliphatic heterocycles. The molecule has 6 N–H and O–H groups in total. The summed E-state index contributed by atoms with van der Waals surface area (Å²) < 4.78 is 5.60. The fraction of sp³-hybridized carbons (Fsp3) is 0.652. The second-order valence-electron chi connectivity index (χ2n) is 7.74. The van der Waals surface area contributed by atoms with Gasteiger partial charge in [-0.2, -0.15) is 0 Å². The highest BCUT2D eigenvalue weighted by Gasteiger charge is 2.07. The number of rotatable bonds is 19. The third kappa shape index (κ3) is 13.8. The molecule has 0 unspecified atom stereocenters. The fourth-order valence-corrected chi connectivity index (χ4v) is 3.18. The monoisotopic (exact) mass is 435 g/mol. The number of nitrogens with two attached hydrogens (primary N) is 1. The van der Waals surface area contributed by atoms with Gasteiger partial charge in [0.05, 0.1) is 6.73 Å². The molecular weight excluding hydrogens is 394 g/mol. The van der Waals surface area contributed by atoms with E-state index in [0.717, 1.165) is 69.3 Å². The van der Waals surface area contributed by atoms with Gasteiger partial charge in [-0.15, -0.1) is 0 Å². The van der Waals surface area contributed by atoms with E-state index in [-0.39, 0.29) is 5.91 Å². The van der Waals surface area contributed by atoms with Crippen molar-refractivity contribution in [3.8, 4) is 0 Å². The highest BCUT2D eigenvalue weighted by Crippen LogP contribution is 2.11. The Kier molecular flexibility index (Phi) is 15.4. The van der Waals surface area contributed by atoms with Crippen LogP contribution in [0.25, 0.3) is 0 Å². The van der Waals surface area contributed by atoms with Crippen molar-refractivity contribution >= 4 is 11.8 Å². The van der Waals surface area contributed by atoms with Crippen LogP contribution in [0, 0.1) is 0 Å². The molecule has 0 aromatic heterocycles. The van der Waals surface area contributed by atoms with Gasteiger partial charge in [-0.1, -0.05) is 12.5 Å². The number of nitrogens with one attached hydrogen (secondary N) is 4. The van der Waals surface area contributed by atoms with Crippen LogP contribution < -0.4 is 27.0 Å². The molecule has 0 aliphatic rings. The Hall–Kier alpha value is -2.00. The third-order valence-electron chi connectivity index (χ3n) is 4.91. The minimum Gasteiger partial charge on any atom is -0.366 e. The number of unbranched alkanes of at least 4 members (excludes halogenated alkanes) is 4. The van der Waals surface area contributed by atoms with Crippen molar-refractivity contribution < 1.29 is 14.3 Å². The lowest BCUT2D eigenvalue weighted by molar-refractivity contribution is -0.121. The number of hydrogen-bond donors (Lipinski definition) is 5. The van der Waals surface area contributed by atoms with Gasteiger partial charge in [-0.05, 0) is 82.5 Å². The van der Waals surface area contributed by atoms with E-state index in [1.54, 1.807) is 12.1 Å². The number of carbonyl (C=O) groups is 2. The van der Waals surface area contributed by atoms with Crippen molar-refractivity contribution in [3.63, 3.8) is 0 Å². The van der Waals surface area contributed by atoms with Gasteiger partial charge < -0.3 is 26.4 Å². The van der Waals surface area contributed by atoms with E-state index >= 15 is 0 Å². The van der Waals surface area contributed by atoms with Crippen molar-refractivity contribution in [2.75, 3.05) is 40.5 Å². The molecule has 1 aromatic carbocycles. The van der Waals surface area contributed by atoms with Gasteiger partial charge in [0.2, 0.25) is 11.8 Å². The molecule has 176 valence electrons. The van der Waals surface area contributed by atoms with Gasteiger partial charge in [-0.3, -0.25) is 14.9 Å². The van der Waals surface area contributed by atoms with Crippen LogP contribution in [0.15, 0.2) is 18.2 Å². The van der Waals surface area contributed by atoms with E-state index in [1.807, 2.05) is 20.2 Å². The zero-order valence-electron chi connectivity index (χ0n) is 19.2. The number of benzene rings is 1. The molecular formula is C23H41N5O3. The number of hydrogen-bond acceptors (Lipinski definition) is 6. The Balaban J connectivity index is 2.38. The van der Waals surface area contributed by atoms with Gasteiger partial charge in [0.25, 0.3) is 0 Å². The maximum absolute atomic E-state index is 12.1. The molecule has 8 heteroatoms. The Morgan fingerprint density at radius 3 is 2.16 bits per heavy atom. The predicted molar refractivity (Wildman–Crippen MR) is 125 cm³/mol. The van der Waals surface area contributed by atoms with Crippen LogP contribution in [0.4, 0.5) is 0 Å². The average molecular weight is 436 g/mol. The van der Waals surface area contributed by atoms with Crippen LogP contribution in [0.3, 0.4) is 0 Å². The smallest absolute Gasteiger partial charge is 0.248 e. The molecule has 8 nitrogen and oxygen atoms in total. The second-order valence-corrected chi connectivity index (χ2v) is 7.74. The normalized spacial score (nSPS) is 10.9. The van der Waals surface area contributed by atoms with E-state index in [1.165, 1.54) is 0 Å². The molecule has 0 saturated heterocycles. The molecule has 0 fully saturated rings. The molecule has 2 amide bonds. The lowest BCUT2D eigenvalue weighted by atomic mass is 10.0. The van der Waals surface area contributed by atoms with Crippen LogP contribution in [-0.2, 0) is 22.6 Å². The van der Waals surface area contributed by atoms with Crippen LogP contribution in [0.1, 0.15) is 66.4 Å². The first-order valence-corrected chi connectivity index (χ1v) is 11.3. The fourth-order valence-electron chi connectivity index (χ4n) is 3.18. The van der Waals surface area contributed by atoms with Crippen LogP contribution in [0.5, 0.6) is 0 Å². The van der Waals surface area contributed by atoms with Gasteiger partial charge in [0.1, 0.15) is 0 Å². The minimum atomic E-state index is -0.475.